The molecule has 5 atom stereocenters. The van der Waals surface area contributed by atoms with Crippen LogP contribution in [0, 0.1) is 11.3 Å². The minimum atomic E-state index is -0.793. The lowest BCUT2D eigenvalue weighted by atomic mass is 9.47. The molecule has 5 nitrogen and oxygen atoms in total. The van der Waals surface area contributed by atoms with E-state index in [2.05, 4.69) is 20.8 Å². The Morgan fingerprint density at radius 3 is 2.76 bits per heavy atom. The lowest BCUT2D eigenvalue weighted by molar-refractivity contribution is -0.192. The Labute approximate surface area is 127 Å². The number of hydrogen-bond acceptors (Lipinski definition) is 4. The molecule has 0 radical (unpaired) electrons. The van der Waals surface area contributed by atoms with Crippen molar-refractivity contribution in [2.24, 2.45) is 17.1 Å². The number of carbonyl (C=O) groups excluding carboxylic acids is 1. The number of nitrogens with two attached hydrogens (primary N) is 1. The topological polar surface area (TPSA) is 64.8 Å². The zero-order valence-electron chi connectivity index (χ0n) is 13.6. The van der Waals surface area contributed by atoms with Crippen LogP contribution < -0.4 is 5.73 Å². The van der Waals surface area contributed by atoms with Crippen molar-refractivity contribution in [2.75, 3.05) is 19.8 Å². The molecule has 2 N–H and O–H groups in total. The molecule has 21 heavy (non-hydrogen) atoms. The second kappa shape index (κ2) is 4.93. The van der Waals surface area contributed by atoms with Crippen LogP contribution in [0.1, 0.15) is 40.5 Å². The predicted molar refractivity (Wildman–Crippen MR) is 79.8 cm³/mol. The van der Waals surface area contributed by atoms with Gasteiger partial charge in [-0.3, -0.25) is 4.79 Å². The number of carbonyl (C=O) groups is 1. The van der Waals surface area contributed by atoms with Crippen molar-refractivity contribution < 1.29 is 14.3 Å². The Balaban J connectivity index is 1.86. The fourth-order valence-corrected chi connectivity index (χ4v) is 4.49. The zero-order chi connectivity index (χ0) is 15.4. The Bertz CT molecular complexity index is 439. The van der Waals surface area contributed by atoms with E-state index in [0.29, 0.717) is 13.2 Å². The van der Waals surface area contributed by atoms with E-state index < -0.39 is 5.54 Å². The third-order valence-electron chi connectivity index (χ3n) is 6.01. The van der Waals surface area contributed by atoms with Gasteiger partial charge >= 0.3 is 0 Å². The Morgan fingerprint density at radius 2 is 2.10 bits per heavy atom. The maximum atomic E-state index is 13.3. The molecular formula is C16H28N2O3. The zero-order valence-corrected chi connectivity index (χ0v) is 13.6. The van der Waals surface area contributed by atoms with Crippen LogP contribution in [0.5, 0.6) is 0 Å². The molecule has 3 rings (SSSR count). The van der Waals surface area contributed by atoms with Crippen LogP contribution in [0.2, 0.25) is 0 Å². The van der Waals surface area contributed by atoms with Gasteiger partial charge in [0.15, 0.2) is 0 Å². The fraction of sp³-hybridized carbons (Fsp3) is 0.938. The van der Waals surface area contributed by atoms with E-state index in [0.717, 1.165) is 19.4 Å². The summed E-state index contributed by atoms with van der Waals surface area (Å²) in [5, 5.41) is 0. The van der Waals surface area contributed by atoms with E-state index in [9.17, 15) is 4.79 Å². The standard InChI is InChI=1S/C16H28N2O3/c1-5-11-9-21-10(2)8-18(11)14(19)16(17)12-6-7-20-13(12)15(16,3)4/h10-13H,5-9,17H2,1-4H3. The molecule has 0 bridgehead atoms. The number of ether oxygens (including phenoxy) is 2. The van der Waals surface area contributed by atoms with Crippen LogP contribution in [0.25, 0.3) is 0 Å². The summed E-state index contributed by atoms with van der Waals surface area (Å²) in [6.45, 7) is 10.2. The van der Waals surface area contributed by atoms with E-state index in [1.807, 2.05) is 11.8 Å². The van der Waals surface area contributed by atoms with Crippen molar-refractivity contribution in [3.8, 4) is 0 Å². The van der Waals surface area contributed by atoms with E-state index in [1.165, 1.54) is 0 Å². The minimum Gasteiger partial charge on any atom is -0.377 e. The van der Waals surface area contributed by atoms with Gasteiger partial charge in [-0.1, -0.05) is 20.8 Å². The van der Waals surface area contributed by atoms with E-state index in [1.54, 1.807) is 0 Å². The van der Waals surface area contributed by atoms with Gasteiger partial charge in [0.05, 0.1) is 24.9 Å². The quantitative estimate of drug-likeness (QED) is 0.830. The first-order valence-corrected chi connectivity index (χ1v) is 8.17. The predicted octanol–water partition coefficient (Wildman–Crippen LogP) is 1.15. The van der Waals surface area contributed by atoms with Crippen LogP contribution in [0.4, 0.5) is 0 Å². The smallest absolute Gasteiger partial charge is 0.244 e. The van der Waals surface area contributed by atoms with Crippen molar-refractivity contribution in [3.63, 3.8) is 0 Å². The van der Waals surface area contributed by atoms with Crippen LogP contribution in [-0.4, -0.2) is 54.4 Å². The van der Waals surface area contributed by atoms with E-state index in [4.69, 9.17) is 15.2 Å². The summed E-state index contributed by atoms with van der Waals surface area (Å²) in [7, 11) is 0. The van der Waals surface area contributed by atoms with Crippen molar-refractivity contribution >= 4 is 5.91 Å². The molecule has 5 heteroatoms. The van der Waals surface area contributed by atoms with E-state index >= 15 is 0 Å². The maximum Gasteiger partial charge on any atom is 0.244 e. The van der Waals surface area contributed by atoms with Gasteiger partial charge < -0.3 is 20.1 Å². The van der Waals surface area contributed by atoms with Crippen LogP contribution in [-0.2, 0) is 14.3 Å². The van der Waals surface area contributed by atoms with Crippen molar-refractivity contribution in [1.82, 2.24) is 4.90 Å². The van der Waals surface area contributed by atoms with Crippen molar-refractivity contribution in [2.45, 2.75) is 64.3 Å². The van der Waals surface area contributed by atoms with E-state index in [-0.39, 0.29) is 35.5 Å². The molecule has 0 aromatic carbocycles. The molecule has 0 spiro atoms. The highest BCUT2D eigenvalue weighted by atomic mass is 16.5. The van der Waals surface area contributed by atoms with Gasteiger partial charge in [0.25, 0.3) is 0 Å². The molecule has 2 saturated heterocycles. The molecule has 1 aliphatic carbocycles. The molecule has 1 amide bonds. The fourth-order valence-electron chi connectivity index (χ4n) is 4.49. The summed E-state index contributed by atoms with van der Waals surface area (Å²) >= 11 is 0. The third-order valence-corrected chi connectivity index (χ3v) is 6.01. The van der Waals surface area contributed by atoms with Crippen molar-refractivity contribution in [1.29, 1.82) is 0 Å². The molecule has 0 aromatic rings. The first-order chi connectivity index (χ1) is 9.84. The van der Waals surface area contributed by atoms with Gasteiger partial charge in [0.1, 0.15) is 5.54 Å². The number of amides is 1. The van der Waals surface area contributed by atoms with Gasteiger partial charge in [-0.2, -0.15) is 0 Å². The van der Waals surface area contributed by atoms with Crippen LogP contribution in [0.3, 0.4) is 0 Å². The highest BCUT2D eigenvalue weighted by Crippen LogP contribution is 2.58. The number of hydrogen-bond donors (Lipinski definition) is 1. The average Bonchev–Trinajstić information content (AvgIpc) is 2.94. The number of fused-ring (bicyclic) bond motifs is 1. The van der Waals surface area contributed by atoms with Gasteiger partial charge in [-0.05, 0) is 19.8 Å². The second-order valence-electron chi connectivity index (χ2n) is 7.44. The summed E-state index contributed by atoms with van der Waals surface area (Å²) in [5.74, 6) is 0.261. The lowest BCUT2D eigenvalue weighted by Gasteiger charge is -2.62. The first kappa shape index (κ1) is 15.3. The summed E-state index contributed by atoms with van der Waals surface area (Å²) in [6.07, 6.45) is 2.01. The Morgan fingerprint density at radius 1 is 1.38 bits per heavy atom. The van der Waals surface area contributed by atoms with Crippen LogP contribution >= 0.6 is 0 Å². The highest BCUT2D eigenvalue weighted by Gasteiger charge is 2.72. The van der Waals surface area contributed by atoms with Gasteiger partial charge in [0.2, 0.25) is 5.91 Å². The molecular weight excluding hydrogens is 268 g/mol. The Hall–Kier alpha value is -0.650. The summed E-state index contributed by atoms with van der Waals surface area (Å²) < 4.78 is 11.5. The summed E-state index contributed by atoms with van der Waals surface area (Å²) in [5.41, 5.74) is 5.60. The van der Waals surface area contributed by atoms with Gasteiger partial charge in [-0.25, -0.2) is 0 Å². The Kier molecular flexibility index (Phi) is 3.58. The largest absolute Gasteiger partial charge is 0.377 e. The normalized spacial score (nSPS) is 45.1. The number of morpholine rings is 1. The summed E-state index contributed by atoms with van der Waals surface area (Å²) in [6, 6.07) is 0.145. The molecule has 0 aromatic heterocycles. The van der Waals surface area contributed by atoms with Crippen molar-refractivity contribution in [3.05, 3.63) is 0 Å². The molecule has 1 saturated carbocycles. The third kappa shape index (κ3) is 1.90. The first-order valence-electron chi connectivity index (χ1n) is 8.17. The second-order valence-corrected chi connectivity index (χ2v) is 7.44. The summed E-state index contributed by atoms with van der Waals surface area (Å²) in [4.78, 5) is 15.2. The monoisotopic (exact) mass is 296 g/mol. The van der Waals surface area contributed by atoms with Crippen LogP contribution in [0.15, 0.2) is 0 Å². The highest BCUT2D eigenvalue weighted by molar-refractivity contribution is 5.90. The van der Waals surface area contributed by atoms with Gasteiger partial charge in [0, 0.05) is 24.5 Å². The number of nitrogens with zero attached hydrogens (tertiary/aromatic N) is 1. The number of rotatable bonds is 2. The molecule has 3 aliphatic rings. The SMILES string of the molecule is CCC1COC(C)CN1C(=O)C1(N)C2CCOC2C1(C)C. The van der Waals surface area contributed by atoms with Gasteiger partial charge in [-0.15, -0.1) is 0 Å². The molecule has 5 unspecified atom stereocenters. The molecule has 120 valence electrons. The molecule has 2 aliphatic heterocycles. The minimum absolute atomic E-state index is 0.0826. The molecule has 3 fully saturated rings. The maximum absolute atomic E-state index is 13.3. The average molecular weight is 296 g/mol. The lowest BCUT2D eigenvalue weighted by Crippen LogP contribution is -2.81. The molecule has 2 heterocycles.